The number of amides is 1. The van der Waals surface area contributed by atoms with E-state index in [9.17, 15) is 4.79 Å². The Kier molecular flexibility index (Phi) is 6.91. The molecule has 5 heteroatoms. The van der Waals surface area contributed by atoms with Gasteiger partial charge in [-0.05, 0) is 37.3 Å². The first kappa shape index (κ1) is 18.6. The van der Waals surface area contributed by atoms with Crippen molar-refractivity contribution in [3.05, 3.63) is 52.9 Å². The van der Waals surface area contributed by atoms with Crippen LogP contribution in [0.4, 0.5) is 0 Å². The maximum absolute atomic E-state index is 12.1. The van der Waals surface area contributed by atoms with Gasteiger partial charge in [-0.1, -0.05) is 43.3 Å². The lowest BCUT2D eigenvalue weighted by atomic mass is 10.00. The van der Waals surface area contributed by atoms with Crippen LogP contribution in [0.5, 0.6) is 0 Å². The van der Waals surface area contributed by atoms with E-state index in [2.05, 4.69) is 48.6 Å². The second-order valence-electron chi connectivity index (χ2n) is 6.56. The van der Waals surface area contributed by atoms with Crippen molar-refractivity contribution in [2.24, 2.45) is 5.92 Å². The highest BCUT2D eigenvalue weighted by Gasteiger charge is 2.10. The van der Waals surface area contributed by atoms with Crippen LogP contribution in [0.15, 0.2) is 34.9 Å². The van der Waals surface area contributed by atoms with Gasteiger partial charge in [0, 0.05) is 6.07 Å². The number of nitrogens with one attached hydrogen (secondary N) is 1. The van der Waals surface area contributed by atoms with Gasteiger partial charge in [-0.3, -0.25) is 4.79 Å². The summed E-state index contributed by atoms with van der Waals surface area (Å²) in [5, 5.41) is 6.88. The second-order valence-corrected chi connectivity index (χ2v) is 7.54. The number of benzene rings is 1. The Morgan fingerprint density at radius 1 is 1.25 bits per heavy atom. The van der Waals surface area contributed by atoms with Gasteiger partial charge in [0.05, 0.1) is 23.2 Å². The second kappa shape index (κ2) is 8.92. The molecule has 4 nitrogen and oxygen atoms in total. The number of carbonyl (C=O) groups excluding carboxylic acids is 1. The average molecular weight is 346 g/mol. The van der Waals surface area contributed by atoms with Crippen LogP contribution in [-0.2, 0) is 17.0 Å². The molecule has 0 saturated carbocycles. The maximum atomic E-state index is 12.1. The molecule has 1 N–H and O–H groups in total. The molecule has 0 saturated heterocycles. The fourth-order valence-electron chi connectivity index (χ4n) is 2.51. The number of thioether (sulfide) groups is 1. The predicted molar refractivity (Wildman–Crippen MR) is 98.9 cm³/mol. The molecule has 0 aliphatic heterocycles. The molecule has 1 aromatic heterocycles. The highest BCUT2D eigenvalue weighted by molar-refractivity contribution is 7.99. The number of rotatable bonds is 8. The third-order valence-electron chi connectivity index (χ3n) is 3.66. The molecule has 130 valence electrons. The fraction of sp³-hybridized carbons (Fsp3) is 0.474. The normalized spacial score (nSPS) is 12.4. The molecular formula is C19H26N2O2S. The molecule has 0 spiro atoms. The fourth-order valence-corrected chi connectivity index (χ4v) is 3.22. The molecule has 2 aromatic rings. The number of aryl methyl sites for hydroxylation is 1. The number of aromatic nitrogens is 1. The largest absolute Gasteiger partial charge is 0.360 e. The van der Waals surface area contributed by atoms with Crippen LogP contribution in [0, 0.1) is 12.8 Å². The molecule has 1 unspecified atom stereocenters. The Labute approximate surface area is 148 Å². The van der Waals surface area contributed by atoms with Crippen LogP contribution in [0.1, 0.15) is 49.4 Å². The van der Waals surface area contributed by atoms with Crippen molar-refractivity contribution in [1.82, 2.24) is 10.5 Å². The minimum Gasteiger partial charge on any atom is -0.360 e. The first-order chi connectivity index (χ1) is 11.4. The first-order valence-electron chi connectivity index (χ1n) is 8.32. The van der Waals surface area contributed by atoms with E-state index in [1.807, 2.05) is 19.9 Å². The quantitative estimate of drug-likeness (QED) is 0.774. The van der Waals surface area contributed by atoms with Gasteiger partial charge < -0.3 is 9.84 Å². The molecule has 0 aliphatic carbocycles. The summed E-state index contributed by atoms with van der Waals surface area (Å²) in [5.41, 5.74) is 3.33. The molecule has 24 heavy (non-hydrogen) atoms. The summed E-state index contributed by atoms with van der Waals surface area (Å²) >= 11 is 1.53. The van der Waals surface area contributed by atoms with Crippen LogP contribution in [0.2, 0.25) is 0 Å². The van der Waals surface area contributed by atoms with Gasteiger partial charge in [0.25, 0.3) is 0 Å². The van der Waals surface area contributed by atoms with E-state index in [1.165, 1.54) is 17.3 Å². The Bertz CT molecular complexity index is 650. The molecule has 1 amide bonds. The van der Waals surface area contributed by atoms with E-state index in [0.29, 0.717) is 17.4 Å². The van der Waals surface area contributed by atoms with Gasteiger partial charge in [0.1, 0.15) is 5.76 Å². The molecule has 2 rings (SSSR count). The summed E-state index contributed by atoms with van der Waals surface area (Å²) in [6.07, 6.45) is 1.08. The smallest absolute Gasteiger partial charge is 0.230 e. The third-order valence-corrected chi connectivity index (χ3v) is 4.61. The lowest BCUT2D eigenvalue weighted by Crippen LogP contribution is -2.28. The molecule has 0 aliphatic rings. The van der Waals surface area contributed by atoms with Gasteiger partial charge in [0.15, 0.2) is 0 Å². The Balaban J connectivity index is 1.76. The molecule has 1 heterocycles. The molecule has 1 atom stereocenters. The van der Waals surface area contributed by atoms with Gasteiger partial charge in [-0.2, -0.15) is 0 Å². The maximum Gasteiger partial charge on any atom is 0.230 e. The van der Waals surface area contributed by atoms with Crippen LogP contribution in [0.3, 0.4) is 0 Å². The first-order valence-corrected chi connectivity index (χ1v) is 9.47. The lowest BCUT2D eigenvalue weighted by Gasteiger charge is -2.15. The Morgan fingerprint density at radius 3 is 2.54 bits per heavy atom. The topological polar surface area (TPSA) is 55.1 Å². The van der Waals surface area contributed by atoms with Crippen LogP contribution >= 0.6 is 11.8 Å². The number of carbonyl (C=O) groups is 1. The average Bonchev–Trinajstić information content (AvgIpc) is 2.92. The molecule has 0 bridgehead atoms. The molecular weight excluding hydrogens is 320 g/mol. The van der Waals surface area contributed by atoms with Crippen LogP contribution < -0.4 is 5.32 Å². The zero-order chi connectivity index (χ0) is 17.5. The standard InChI is InChI=1S/C19H26N2O2S/c1-13(2)9-16-5-7-17(8-6-16)15(4)20-19(22)12-24-11-18-10-14(3)21-23-18/h5-8,10,13,15H,9,11-12H2,1-4H3,(H,20,22). The van der Waals surface area contributed by atoms with E-state index in [4.69, 9.17) is 4.52 Å². The number of hydrogen-bond donors (Lipinski definition) is 1. The Hall–Kier alpha value is -1.75. The van der Waals surface area contributed by atoms with Crippen LogP contribution in [0.25, 0.3) is 0 Å². The van der Waals surface area contributed by atoms with E-state index >= 15 is 0 Å². The lowest BCUT2D eigenvalue weighted by molar-refractivity contribution is -0.119. The summed E-state index contributed by atoms with van der Waals surface area (Å²) in [5.74, 6) is 2.56. The number of nitrogens with zero attached hydrogens (tertiary/aromatic N) is 1. The van der Waals surface area contributed by atoms with Crippen molar-refractivity contribution in [2.75, 3.05) is 5.75 Å². The summed E-state index contributed by atoms with van der Waals surface area (Å²) < 4.78 is 5.13. The van der Waals surface area contributed by atoms with Gasteiger partial charge >= 0.3 is 0 Å². The minimum absolute atomic E-state index is 0.0127. The monoisotopic (exact) mass is 346 g/mol. The SMILES string of the molecule is Cc1cc(CSCC(=O)NC(C)c2ccc(CC(C)C)cc2)on1. The van der Waals surface area contributed by atoms with E-state index < -0.39 is 0 Å². The summed E-state index contributed by atoms with van der Waals surface area (Å²) in [4.78, 5) is 12.1. The van der Waals surface area contributed by atoms with Crippen molar-refractivity contribution in [3.8, 4) is 0 Å². The zero-order valence-corrected chi connectivity index (χ0v) is 15.7. The minimum atomic E-state index is 0.0127. The van der Waals surface area contributed by atoms with E-state index in [1.54, 1.807) is 0 Å². The van der Waals surface area contributed by atoms with Crippen molar-refractivity contribution in [2.45, 2.75) is 45.9 Å². The van der Waals surface area contributed by atoms with Crippen molar-refractivity contribution < 1.29 is 9.32 Å². The molecule has 1 aromatic carbocycles. The Morgan fingerprint density at radius 2 is 1.96 bits per heavy atom. The summed E-state index contributed by atoms with van der Waals surface area (Å²) in [6.45, 7) is 8.33. The highest BCUT2D eigenvalue weighted by Crippen LogP contribution is 2.17. The number of hydrogen-bond acceptors (Lipinski definition) is 4. The van der Waals surface area contributed by atoms with Crippen molar-refractivity contribution in [1.29, 1.82) is 0 Å². The van der Waals surface area contributed by atoms with E-state index in [-0.39, 0.29) is 11.9 Å². The molecule has 0 fully saturated rings. The molecule has 0 radical (unpaired) electrons. The summed E-state index contributed by atoms with van der Waals surface area (Å²) in [6, 6.07) is 10.4. The van der Waals surface area contributed by atoms with Gasteiger partial charge in [-0.25, -0.2) is 0 Å². The third kappa shape index (κ3) is 6.04. The van der Waals surface area contributed by atoms with Gasteiger partial charge in [0.2, 0.25) is 5.91 Å². The van der Waals surface area contributed by atoms with Crippen molar-refractivity contribution >= 4 is 17.7 Å². The highest BCUT2D eigenvalue weighted by atomic mass is 32.2. The van der Waals surface area contributed by atoms with Crippen LogP contribution in [-0.4, -0.2) is 16.8 Å². The predicted octanol–water partition coefficient (Wildman–Crippen LogP) is 4.29. The summed E-state index contributed by atoms with van der Waals surface area (Å²) in [7, 11) is 0. The van der Waals surface area contributed by atoms with Crippen molar-refractivity contribution in [3.63, 3.8) is 0 Å². The van der Waals surface area contributed by atoms with E-state index in [0.717, 1.165) is 23.4 Å². The van der Waals surface area contributed by atoms with Gasteiger partial charge in [-0.15, -0.1) is 11.8 Å². The zero-order valence-electron chi connectivity index (χ0n) is 14.8.